The number of aromatic nitrogens is 4. The number of carbonyl (C=O) groups is 1. The van der Waals surface area contributed by atoms with E-state index in [1.807, 2.05) is 6.07 Å². The van der Waals surface area contributed by atoms with Gasteiger partial charge in [0.25, 0.3) is 11.5 Å². The molecule has 0 aliphatic carbocycles. The number of nitrogens with zero attached hydrogens (tertiary/aromatic N) is 5. The van der Waals surface area contributed by atoms with Crippen LogP contribution in [0.5, 0.6) is 17.5 Å². The van der Waals surface area contributed by atoms with Gasteiger partial charge in [0.2, 0.25) is 0 Å². The third-order valence-corrected chi connectivity index (χ3v) is 7.59. The van der Waals surface area contributed by atoms with Crippen LogP contribution in [0.4, 0.5) is 0 Å². The molecule has 0 spiro atoms. The van der Waals surface area contributed by atoms with Gasteiger partial charge >= 0.3 is 11.7 Å². The van der Waals surface area contributed by atoms with Crippen molar-refractivity contribution in [1.82, 2.24) is 24.1 Å². The SMILES string of the molecule is COc1cc(C=NNC(=O)c2cccc(Br)c2)ccc1Oc1nc2c(c(=O)n(C)c(=O)n2C)n1Cc1ccc(Cl)cc1Cl. The summed E-state index contributed by atoms with van der Waals surface area (Å²) in [6, 6.07) is 16.9. The first-order valence-corrected chi connectivity index (χ1v) is 14.2. The van der Waals surface area contributed by atoms with Gasteiger partial charge in [0.15, 0.2) is 22.7 Å². The highest BCUT2D eigenvalue weighted by Crippen LogP contribution is 2.34. The van der Waals surface area contributed by atoms with Gasteiger partial charge < -0.3 is 9.47 Å². The molecular formula is C29H23BrCl2N6O5. The van der Waals surface area contributed by atoms with E-state index in [1.54, 1.807) is 59.2 Å². The third kappa shape index (κ3) is 6.21. The van der Waals surface area contributed by atoms with Crippen LogP contribution < -0.4 is 26.1 Å². The van der Waals surface area contributed by atoms with Gasteiger partial charge in [-0.25, -0.2) is 10.2 Å². The summed E-state index contributed by atoms with van der Waals surface area (Å²) in [6.07, 6.45) is 1.46. The largest absolute Gasteiger partial charge is 0.493 e. The topological polar surface area (TPSA) is 122 Å². The van der Waals surface area contributed by atoms with Crippen molar-refractivity contribution in [2.45, 2.75) is 6.54 Å². The molecule has 11 nitrogen and oxygen atoms in total. The fraction of sp³-hybridized carbons (Fsp3) is 0.138. The number of nitrogens with one attached hydrogen (secondary N) is 1. The van der Waals surface area contributed by atoms with E-state index in [9.17, 15) is 14.4 Å². The summed E-state index contributed by atoms with van der Waals surface area (Å²) in [5.74, 6) is 0.232. The van der Waals surface area contributed by atoms with Crippen molar-refractivity contribution < 1.29 is 14.3 Å². The molecule has 3 aromatic carbocycles. The second kappa shape index (κ2) is 12.5. The predicted molar refractivity (Wildman–Crippen MR) is 168 cm³/mol. The molecule has 0 unspecified atom stereocenters. The summed E-state index contributed by atoms with van der Waals surface area (Å²) < 4.78 is 16.3. The second-order valence-corrected chi connectivity index (χ2v) is 11.1. The quantitative estimate of drug-likeness (QED) is 0.179. The number of imidazole rings is 1. The van der Waals surface area contributed by atoms with Gasteiger partial charge in [-0.15, -0.1) is 0 Å². The number of amides is 1. The minimum Gasteiger partial charge on any atom is -0.493 e. The lowest BCUT2D eigenvalue weighted by molar-refractivity contribution is 0.0955. The highest BCUT2D eigenvalue weighted by Gasteiger charge is 2.22. The van der Waals surface area contributed by atoms with Crippen LogP contribution >= 0.6 is 39.1 Å². The molecule has 1 N–H and O–H groups in total. The number of fused-ring (bicyclic) bond motifs is 1. The van der Waals surface area contributed by atoms with E-state index >= 15 is 0 Å². The Kier molecular flexibility index (Phi) is 8.71. The number of hydrogen-bond acceptors (Lipinski definition) is 7. The molecule has 1 amide bonds. The molecule has 5 aromatic rings. The molecule has 0 saturated heterocycles. The number of halogens is 3. The Morgan fingerprint density at radius 2 is 1.84 bits per heavy atom. The van der Waals surface area contributed by atoms with E-state index in [0.717, 1.165) is 9.04 Å². The number of ether oxygens (including phenoxy) is 2. The number of hydrazone groups is 1. The van der Waals surface area contributed by atoms with Gasteiger partial charge in [0.1, 0.15) is 0 Å². The first-order chi connectivity index (χ1) is 20.6. The van der Waals surface area contributed by atoms with Gasteiger partial charge in [-0.1, -0.05) is 51.3 Å². The van der Waals surface area contributed by atoms with Crippen LogP contribution in [-0.2, 0) is 20.6 Å². The van der Waals surface area contributed by atoms with Crippen molar-refractivity contribution in [3.63, 3.8) is 0 Å². The molecule has 43 heavy (non-hydrogen) atoms. The van der Waals surface area contributed by atoms with Gasteiger partial charge in [0, 0.05) is 34.2 Å². The number of rotatable bonds is 8. The zero-order chi connectivity index (χ0) is 30.8. The fourth-order valence-corrected chi connectivity index (χ4v) is 5.15. The highest BCUT2D eigenvalue weighted by molar-refractivity contribution is 9.10. The molecule has 0 aliphatic rings. The van der Waals surface area contributed by atoms with Gasteiger partial charge in [0.05, 0.1) is 19.9 Å². The number of aryl methyl sites for hydroxylation is 1. The zero-order valence-corrected chi connectivity index (χ0v) is 26.1. The van der Waals surface area contributed by atoms with E-state index in [4.69, 9.17) is 32.7 Å². The molecule has 220 valence electrons. The predicted octanol–water partition coefficient (Wildman–Crippen LogP) is 5.12. The Labute approximate surface area is 263 Å². The van der Waals surface area contributed by atoms with Gasteiger partial charge in [-0.3, -0.25) is 23.3 Å². The van der Waals surface area contributed by atoms with Crippen LogP contribution in [0.1, 0.15) is 21.5 Å². The van der Waals surface area contributed by atoms with Crippen LogP contribution in [0, 0.1) is 0 Å². The van der Waals surface area contributed by atoms with E-state index in [1.165, 1.54) is 32.0 Å². The first-order valence-electron chi connectivity index (χ1n) is 12.6. The maximum absolute atomic E-state index is 13.2. The van der Waals surface area contributed by atoms with Crippen molar-refractivity contribution in [2.75, 3.05) is 7.11 Å². The number of methoxy groups -OCH3 is 1. The van der Waals surface area contributed by atoms with Crippen molar-refractivity contribution in [1.29, 1.82) is 0 Å². The molecule has 0 saturated carbocycles. The van der Waals surface area contributed by atoms with Gasteiger partial charge in [-0.2, -0.15) is 10.1 Å². The van der Waals surface area contributed by atoms with Crippen molar-refractivity contribution in [2.24, 2.45) is 19.2 Å². The highest BCUT2D eigenvalue weighted by atomic mass is 79.9. The monoisotopic (exact) mass is 684 g/mol. The molecule has 0 aliphatic heterocycles. The normalized spacial score (nSPS) is 11.3. The molecule has 0 radical (unpaired) electrons. The second-order valence-electron chi connectivity index (χ2n) is 9.32. The number of hydrogen-bond donors (Lipinski definition) is 1. The van der Waals surface area contributed by atoms with Crippen molar-refractivity contribution >= 4 is 62.4 Å². The van der Waals surface area contributed by atoms with Crippen LogP contribution in [-0.4, -0.2) is 37.9 Å². The summed E-state index contributed by atoms with van der Waals surface area (Å²) in [5.41, 5.74) is 3.39. The molecule has 2 aromatic heterocycles. The average Bonchev–Trinajstić information content (AvgIpc) is 3.34. The molecule has 0 fully saturated rings. The fourth-order valence-electron chi connectivity index (χ4n) is 4.28. The molecule has 5 rings (SSSR count). The van der Waals surface area contributed by atoms with Crippen LogP contribution in [0.2, 0.25) is 10.0 Å². The summed E-state index contributed by atoms with van der Waals surface area (Å²) in [5, 5.41) is 4.88. The zero-order valence-electron chi connectivity index (χ0n) is 23.0. The van der Waals surface area contributed by atoms with Gasteiger partial charge in [-0.05, 0) is 59.7 Å². The van der Waals surface area contributed by atoms with E-state index in [2.05, 4.69) is 31.4 Å². The summed E-state index contributed by atoms with van der Waals surface area (Å²) >= 11 is 15.9. The Bertz CT molecular complexity index is 2030. The van der Waals surface area contributed by atoms with Crippen LogP contribution in [0.25, 0.3) is 11.2 Å². The van der Waals surface area contributed by atoms with E-state index in [0.29, 0.717) is 32.5 Å². The molecule has 0 atom stereocenters. The summed E-state index contributed by atoms with van der Waals surface area (Å²) in [7, 11) is 4.38. The minimum atomic E-state index is -0.547. The molecule has 2 heterocycles. The maximum atomic E-state index is 13.2. The standard InChI is InChI=1S/C29H23BrCl2N6O5/c1-36-25-24(27(40)37(2)29(36)41)38(15-18-8-9-20(31)13-21(18)32)28(34-25)43-22-10-7-16(11-23(22)42-3)14-33-35-26(39)17-5-4-6-19(30)12-17/h4-14H,15H2,1-3H3,(H,35,39). The van der Waals surface area contributed by atoms with Crippen LogP contribution in [0.3, 0.4) is 0 Å². The average molecular weight is 686 g/mol. The van der Waals surface area contributed by atoms with E-state index < -0.39 is 11.2 Å². The van der Waals surface area contributed by atoms with Crippen LogP contribution in [0.15, 0.2) is 79.8 Å². The Morgan fingerprint density at radius 3 is 2.56 bits per heavy atom. The Morgan fingerprint density at radius 1 is 1.05 bits per heavy atom. The lowest BCUT2D eigenvalue weighted by atomic mass is 10.2. The first kappa shape index (κ1) is 30.1. The minimum absolute atomic E-state index is 0.0281. The Balaban J connectivity index is 1.49. The summed E-state index contributed by atoms with van der Waals surface area (Å²) in [4.78, 5) is 42.8. The molecular weight excluding hydrogens is 663 g/mol. The smallest absolute Gasteiger partial charge is 0.332 e. The molecule has 14 heteroatoms. The van der Waals surface area contributed by atoms with Crippen molar-refractivity contribution in [3.05, 3.63) is 113 Å². The lowest BCUT2D eigenvalue weighted by Crippen LogP contribution is -2.37. The lowest BCUT2D eigenvalue weighted by Gasteiger charge is -2.13. The number of carbonyl (C=O) groups excluding carboxylic acids is 1. The molecule has 0 bridgehead atoms. The number of benzene rings is 3. The maximum Gasteiger partial charge on any atom is 0.332 e. The Hall–Kier alpha value is -4.39. The third-order valence-electron chi connectivity index (χ3n) is 6.51. The van der Waals surface area contributed by atoms with Crippen molar-refractivity contribution in [3.8, 4) is 17.5 Å². The summed E-state index contributed by atoms with van der Waals surface area (Å²) in [6.45, 7) is 0.0972. The van der Waals surface area contributed by atoms with E-state index in [-0.39, 0.29) is 35.4 Å².